The molecule has 0 bridgehead atoms. The van der Waals surface area contributed by atoms with Crippen LogP contribution in [0.15, 0.2) is 24.5 Å². The van der Waals surface area contributed by atoms with Crippen LogP contribution in [0.3, 0.4) is 0 Å². The number of aromatic nitrogens is 1. The van der Waals surface area contributed by atoms with Crippen molar-refractivity contribution in [3.63, 3.8) is 0 Å². The maximum absolute atomic E-state index is 5.78. The quantitative estimate of drug-likeness (QED) is 0.706. The van der Waals surface area contributed by atoms with Gasteiger partial charge in [0.25, 0.3) is 0 Å². The van der Waals surface area contributed by atoms with E-state index < -0.39 is 0 Å². The van der Waals surface area contributed by atoms with Gasteiger partial charge in [-0.25, -0.2) is 0 Å². The van der Waals surface area contributed by atoms with Gasteiger partial charge in [-0.1, -0.05) is 6.07 Å². The molecule has 2 atom stereocenters. The average Bonchev–Trinajstić information content (AvgIpc) is 2.54. The lowest BCUT2D eigenvalue weighted by Gasteiger charge is -2.08. The third-order valence-electron chi connectivity index (χ3n) is 2.25. The number of hydrogen-bond acceptors (Lipinski definition) is 3. The molecule has 13 heavy (non-hydrogen) atoms. The van der Waals surface area contributed by atoms with Gasteiger partial charge in [0.05, 0.1) is 0 Å². The van der Waals surface area contributed by atoms with Crippen LogP contribution in [0.25, 0.3) is 0 Å². The minimum Gasteiger partial charge on any atom is -0.326 e. The average molecular weight is 200 g/mol. The summed E-state index contributed by atoms with van der Waals surface area (Å²) in [6.07, 6.45) is 4.71. The van der Waals surface area contributed by atoms with Gasteiger partial charge in [0, 0.05) is 31.0 Å². The number of hydrogen-bond donors (Lipinski definition) is 2. The highest BCUT2D eigenvalue weighted by Crippen LogP contribution is 2.20. The molecule has 1 saturated heterocycles. The Bertz CT molecular complexity index is 252. The van der Waals surface area contributed by atoms with E-state index in [0.29, 0.717) is 12.1 Å². The third kappa shape index (κ3) is 2.40. The predicted molar refractivity (Wildman–Crippen MR) is 54.8 cm³/mol. The van der Waals surface area contributed by atoms with Crippen molar-refractivity contribution >= 4 is 12.4 Å². The predicted octanol–water partition coefficient (Wildman–Crippen LogP) is 0.865. The molecule has 3 nitrogen and oxygen atoms in total. The van der Waals surface area contributed by atoms with Crippen LogP contribution in [-0.4, -0.2) is 17.6 Å². The number of nitrogens with zero attached hydrogens (tertiary/aromatic N) is 1. The van der Waals surface area contributed by atoms with Gasteiger partial charge >= 0.3 is 0 Å². The molecule has 2 unspecified atom stereocenters. The van der Waals surface area contributed by atoms with Crippen LogP contribution in [0.5, 0.6) is 0 Å². The Morgan fingerprint density at radius 3 is 2.92 bits per heavy atom. The van der Waals surface area contributed by atoms with Gasteiger partial charge in [-0.15, -0.1) is 12.4 Å². The van der Waals surface area contributed by atoms with E-state index in [1.54, 1.807) is 6.20 Å². The van der Waals surface area contributed by atoms with Gasteiger partial charge in [0.15, 0.2) is 0 Å². The molecule has 2 rings (SSSR count). The van der Waals surface area contributed by atoms with E-state index in [-0.39, 0.29) is 12.4 Å². The second-order valence-electron chi connectivity index (χ2n) is 3.24. The van der Waals surface area contributed by atoms with Crippen molar-refractivity contribution in [2.45, 2.75) is 18.5 Å². The minimum atomic E-state index is 0. The molecule has 1 aromatic heterocycles. The van der Waals surface area contributed by atoms with Crippen LogP contribution >= 0.6 is 12.4 Å². The molecule has 1 aliphatic rings. The summed E-state index contributed by atoms with van der Waals surface area (Å²) in [6.45, 7) is 0.916. The van der Waals surface area contributed by atoms with Crippen LogP contribution in [0, 0.1) is 0 Å². The van der Waals surface area contributed by atoms with Crippen molar-refractivity contribution < 1.29 is 0 Å². The summed E-state index contributed by atoms with van der Waals surface area (Å²) < 4.78 is 0. The molecule has 0 amide bonds. The molecule has 0 aliphatic carbocycles. The van der Waals surface area contributed by atoms with E-state index in [9.17, 15) is 0 Å². The molecule has 72 valence electrons. The molecule has 0 aromatic carbocycles. The molecule has 2 heterocycles. The zero-order valence-electron chi connectivity index (χ0n) is 7.31. The Balaban J connectivity index is 0.000000845. The number of rotatable bonds is 1. The van der Waals surface area contributed by atoms with Crippen LogP contribution in [0.2, 0.25) is 0 Å². The summed E-state index contributed by atoms with van der Waals surface area (Å²) in [7, 11) is 0. The van der Waals surface area contributed by atoms with E-state index in [2.05, 4.69) is 16.4 Å². The van der Waals surface area contributed by atoms with Gasteiger partial charge < -0.3 is 11.1 Å². The molecule has 0 saturated carbocycles. The maximum Gasteiger partial charge on any atom is 0.0351 e. The third-order valence-corrected chi connectivity index (χ3v) is 2.25. The topological polar surface area (TPSA) is 50.9 Å². The first-order valence-electron chi connectivity index (χ1n) is 4.25. The molecule has 1 fully saturated rings. The van der Waals surface area contributed by atoms with Crippen molar-refractivity contribution in [3.8, 4) is 0 Å². The first-order valence-corrected chi connectivity index (χ1v) is 4.25. The molecule has 0 spiro atoms. The Labute approximate surface area is 84.1 Å². The van der Waals surface area contributed by atoms with Gasteiger partial charge in [0.2, 0.25) is 0 Å². The summed E-state index contributed by atoms with van der Waals surface area (Å²) in [5.74, 6) is 0. The zero-order valence-corrected chi connectivity index (χ0v) is 8.13. The molecule has 0 radical (unpaired) electrons. The Hall–Kier alpha value is -0.640. The van der Waals surface area contributed by atoms with Crippen molar-refractivity contribution in [2.24, 2.45) is 5.73 Å². The van der Waals surface area contributed by atoms with Crippen LogP contribution in [-0.2, 0) is 0 Å². The lowest BCUT2D eigenvalue weighted by molar-refractivity contribution is 0.637. The highest BCUT2D eigenvalue weighted by atomic mass is 35.5. The van der Waals surface area contributed by atoms with Crippen molar-refractivity contribution in [2.75, 3.05) is 6.54 Å². The Morgan fingerprint density at radius 2 is 2.38 bits per heavy atom. The van der Waals surface area contributed by atoms with Crippen LogP contribution in [0.1, 0.15) is 18.0 Å². The van der Waals surface area contributed by atoms with E-state index in [1.807, 2.05) is 12.3 Å². The van der Waals surface area contributed by atoms with Crippen LogP contribution in [0.4, 0.5) is 0 Å². The molecule has 1 aliphatic heterocycles. The standard InChI is InChI=1S/C9H13N3.ClH/c10-8-4-9(12-6-8)7-2-1-3-11-5-7;/h1-3,5,8-9,12H,4,6,10H2;1H. The highest BCUT2D eigenvalue weighted by Gasteiger charge is 2.21. The normalized spacial score (nSPS) is 26.8. The summed E-state index contributed by atoms with van der Waals surface area (Å²) in [5.41, 5.74) is 7.02. The maximum atomic E-state index is 5.78. The smallest absolute Gasteiger partial charge is 0.0351 e. The highest BCUT2D eigenvalue weighted by molar-refractivity contribution is 5.85. The number of halogens is 1. The summed E-state index contributed by atoms with van der Waals surface area (Å²) in [5, 5.41) is 3.36. The lowest BCUT2D eigenvalue weighted by Crippen LogP contribution is -2.22. The molecule has 1 aromatic rings. The van der Waals surface area contributed by atoms with Crippen molar-refractivity contribution in [1.82, 2.24) is 10.3 Å². The van der Waals surface area contributed by atoms with E-state index >= 15 is 0 Å². The number of pyridine rings is 1. The lowest BCUT2D eigenvalue weighted by atomic mass is 10.1. The van der Waals surface area contributed by atoms with E-state index in [0.717, 1.165) is 13.0 Å². The Kier molecular flexibility index (Phi) is 3.66. The fraction of sp³-hybridized carbons (Fsp3) is 0.444. The van der Waals surface area contributed by atoms with Crippen LogP contribution < -0.4 is 11.1 Å². The molecular weight excluding hydrogens is 186 g/mol. The van der Waals surface area contributed by atoms with Gasteiger partial charge in [0.1, 0.15) is 0 Å². The molecular formula is C9H14ClN3. The van der Waals surface area contributed by atoms with Gasteiger partial charge in [-0.3, -0.25) is 4.98 Å². The fourth-order valence-electron chi connectivity index (χ4n) is 1.60. The largest absolute Gasteiger partial charge is 0.326 e. The zero-order chi connectivity index (χ0) is 8.39. The van der Waals surface area contributed by atoms with E-state index in [1.165, 1.54) is 5.56 Å². The second kappa shape index (κ2) is 4.56. The SMILES string of the molecule is Cl.NC1CNC(c2cccnc2)C1. The molecule has 4 heteroatoms. The summed E-state index contributed by atoms with van der Waals surface area (Å²) in [6, 6.07) is 4.76. The fourth-order valence-corrected chi connectivity index (χ4v) is 1.60. The van der Waals surface area contributed by atoms with Crippen molar-refractivity contribution in [1.29, 1.82) is 0 Å². The first-order chi connectivity index (χ1) is 5.86. The molecule has 3 N–H and O–H groups in total. The number of nitrogens with two attached hydrogens (primary N) is 1. The van der Waals surface area contributed by atoms with E-state index in [4.69, 9.17) is 5.73 Å². The summed E-state index contributed by atoms with van der Waals surface area (Å²) in [4.78, 5) is 4.07. The van der Waals surface area contributed by atoms with Gasteiger partial charge in [-0.05, 0) is 18.1 Å². The number of nitrogens with one attached hydrogen (secondary N) is 1. The van der Waals surface area contributed by atoms with Crippen molar-refractivity contribution in [3.05, 3.63) is 30.1 Å². The Morgan fingerprint density at radius 1 is 1.54 bits per heavy atom. The monoisotopic (exact) mass is 199 g/mol. The summed E-state index contributed by atoms with van der Waals surface area (Å²) >= 11 is 0. The minimum absolute atomic E-state index is 0. The second-order valence-corrected chi connectivity index (χ2v) is 3.24. The first kappa shape index (κ1) is 10.4. The van der Waals surface area contributed by atoms with Gasteiger partial charge in [-0.2, -0.15) is 0 Å².